The average Bonchev–Trinajstić information content (AvgIpc) is 3.04. The highest BCUT2D eigenvalue weighted by Gasteiger charge is 2.40. The zero-order valence-corrected chi connectivity index (χ0v) is 18.5. The Bertz CT molecular complexity index is 877. The minimum Gasteiger partial charge on any atom is -0.480 e. The van der Waals surface area contributed by atoms with E-state index in [-0.39, 0.29) is 11.8 Å². The van der Waals surface area contributed by atoms with Gasteiger partial charge in [0.25, 0.3) is 5.91 Å². The maximum atomic E-state index is 13.1. The largest absolute Gasteiger partial charge is 0.480 e. The molecule has 2 saturated heterocycles. The summed E-state index contributed by atoms with van der Waals surface area (Å²) in [6.45, 7) is 8.96. The molecular formula is C22H32N2O4S. The van der Waals surface area contributed by atoms with Gasteiger partial charge in [0, 0.05) is 37.7 Å². The number of likely N-dealkylation sites (tertiary alicyclic amines) is 1. The minimum atomic E-state index is -3.52. The van der Waals surface area contributed by atoms with E-state index in [1.807, 2.05) is 11.8 Å². The predicted molar refractivity (Wildman–Crippen MR) is 111 cm³/mol. The van der Waals surface area contributed by atoms with Gasteiger partial charge in [0.15, 0.2) is 6.10 Å². The summed E-state index contributed by atoms with van der Waals surface area (Å²) in [5, 5.41) is 0. The van der Waals surface area contributed by atoms with Gasteiger partial charge in [0.1, 0.15) is 5.75 Å². The van der Waals surface area contributed by atoms with E-state index in [4.69, 9.17) is 4.74 Å². The fourth-order valence-corrected chi connectivity index (χ4v) is 6.37. The van der Waals surface area contributed by atoms with Crippen LogP contribution in [0, 0.1) is 11.8 Å². The van der Waals surface area contributed by atoms with Crippen molar-refractivity contribution < 1.29 is 17.9 Å². The van der Waals surface area contributed by atoms with Gasteiger partial charge in [0.05, 0.1) is 4.90 Å². The third-order valence-electron chi connectivity index (χ3n) is 6.78. The standard InChI is InChI=1S/C22H32N2O4S/c1-15-8-11-23(12-9-15)22(25)21-17(3)19-13-18(6-7-20(19)28-21)29(26,27)24-10-4-5-16(2)14-24/h6-7,13,15-17,21H,4-5,8-12,14H2,1-3H3. The fraction of sp³-hybridized carbons (Fsp3) is 0.682. The number of sulfonamides is 1. The normalized spacial score (nSPS) is 28.8. The van der Waals surface area contributed by atoms with Crippen molar-refractivity contribution >= 4 is 15.9 Å². The number of ether oxygens (including phenoxy) is 1. The van der Waals surface area contributed by atoms with Crippen LogP contribution in [-0.2, 0) is 14.8 Å². The fourth-order valence-electron chi connectivity index (χ4n) is 4.74. The lowest BCUT2D eigenvalue weighted by Crippen LogP contribution is -2.45. The lowest BCUT2D eigenvalue weighted by molar-refractivity contribution is -0.140. The van der Waals surface area contributed by atoms with Crippen molar-refractivity contribution in [3.8, 4) is 5.75 Å². The Labute approximate surface area is 174 Å². The maximum Gasteiger partial charge on any atom is 0.264 e. The zero-order chi connectivity index (χ0) is 20.8. The van der Waals surface area contributed by atoms with Gasteiger partial charge < -0.3 is 9.64 Å². The molecule has 3 unspecified atom stereocenters. The number of amides is 1. The third-order valence-corrected chi connectivity index (χ3v) is 8.64. The lowest BCUT2D eigenvalue weighted by Gasteiger charge is -2.32. The second-order valence-corrected chi connectivity index (χ2v) is 11.1. The minimum absolute atomic E-state index is 0.0230. The first-order chi connectivity index (χ1) is 13.8. The monoisotopic (exact) mass is 420 g/mol. The molecule has 3 aliphatic rings. The van der Waals surface area contributed by atoms with Crippen LogP contribution in [0.1, 0.15) is 57.9 Å². The molecule has 1 aromatic rings. The first kappa shape index (κ1) is 20.7. The highest BCUT2D eigenvalue weighted by Crippen LogP contribution is 2.40. The van der Waals surface area contributed by atoms with Crippen LogP contribution in [0.15, 0.2) is 23.1 Å². The van der Waals surface area contributed by atoms with Gasteiger partial charge in [-0.1, -0.05) is 20.8 Å². The molecular weight excluding hydrogens is 388 g/mol. The van der Waals surface area contributed by atoms with Gasteiger partial charge in [-0.3, -0.25) is 4.79 Å². The number of carbonyl (C=O) groups is 1. The number of hydrogen-bond acceptors (Lipinski definition) is 4. The summed E-state index contributed by atoms with van der Waals surface area (Å²) in [5.74, 6) is 1.53. The van der Waals surface area contributed by atoms with Crippen molar-refractivity contribution in [2.24, 2.45) is 11.8 Å². The van der Waals surface area contributed by atoms with Crippen LogP contribution >= 0.6 is 0 Å². The molecule has 0 saturated carbocycles. The molecule has 3 heterocycles. The van der Waals surface area contributed by atoms with E-state index in [0.717, 1.165) is 44.3 Å². The Kier molecular flexibility index (Phi) is 5.64. The molecule has 0 aliphatic carbocycles. The van der Waals surface area contributed by atoms with Crippen molar-refractivity contribution in [2.45, 2.75) is 63.4 Å². The van der Waals surface area contributed by atoms with E-state index >= 15 is 0 Å². The second-order valence-electron chi connectivity index (χ2n) is 9.15. The van der Waals surface area contributed by atoms with Gasteiger partial charge in [-0.15, -0.1) is 0 Å². The van der Waals surface area contributed by atoms with Gasteiger partial charge >= 0.3 is 0 Å². The zero-order valence-electron chi connectivity index (χ0n) is 17.6. The number of nitrogens with zero attached hydrogens (tertiary/aromatic N) is 2. The van der Waals surface area contributed by atoms with Crippen molar-refractivity contribution in [1.82, 2.24) is 9.21 Å². The number of benzene rings is 1. The Morgan fingerprint density at radius 1 is 1.03 bits per heavy atom. The molecule has 0 aromatic heterocycles. The molecule has 0 spiro atoms. The highest BCUT2D eigenvalue weighted by atomic mass is 32.2. The average molecular weight is 421 g/mol. The van der Waals surface area contributed by atoms with Crippen LogP contribution < -0.4 is 4.74 Å². The Morgan fingerprint density at radius 3 is 2.45 bits per heavy atom. The Morgan fingerprint density at radius 2 is 1.76 bits per heavy atom. The quantitative estimate of drug-likeness (QED) is 0.753. The van der Waals surface area contributed by atoms with E-state index < -0.39 is 16.1 Å². The van der Waals surface area contributed by atoms with Gasteiger partial charge in [-0.05, 0) is 55.7 Å². The predicted octanol–water partition coefficient (Wildman–Crippen LogP) is 3.23. The molecule has 6 nitrogen and oxygen atoms in total. The number of rotatable bonds is 3. The summed E-state index contributed by atoms with van der Waals surface area (Å²) in [6, 6.07) is 5.06. The van der Waals surface area contributed by atoms with Crippen LogP contribution in [0.2, 0.25) is 0 Å². The summed E-state index contributed by atoms with van der Waals surface area (Å²) in [4.78, 5) is 15.2. The molecule has 4 rings (SSSR count). The van der Waals surface area contributed by atoms with Crippen LogP contribution in [0.5, 0.6) is 5.75 Å². The van der Waals surface area contributed by atoms with Crippen LogP contribution in [0.3, 0.4) is 0 Å². The molecule has 2 fully saturated rings. The first-order valence-electron chi connectivity index (χ1n) is 10.9. The second kappa shape index (κ2) is 7.91. The van der Waals surface area contributed by atoms with Crippen molar-refractivity contribution in [3.05, 3.63) is 23.8 Å². The smallest absolute Gasteiger partial charge is 0.264 e. The topological polar surface area (TPSA) is 66.9 Å². The molecule has 29 heavy (non-hydrogen) atoms. The summed E-state index contributed by atoms with van der Waals surface area (Å²) in [5.41, 5.74) is 0.819. The molecule has 0 N–H and O–H groups in total. The third kappa shape index (κ3) is 3.91. The highest BCUT2D eigenvalue weighted by molar-refractivity contribution is 7.89. The van der Waals surface area contributed by atoms with E-state index in [2.05, 4.69) is 13.8 Å². The number of carbonyl (C=O) groups excluding carboxylic acids is 1. The molecule has 3 atom stereocenters. The van der Waals surface area contributed by atoms with E-state index in [9.17, 15) is 13.2 Å². The van der Waals surface area contributed by atoms with Crippen molar-refractivity contribution in [2.75, 3.05) is 26.2 Å². The van der Waals surface area contributed by atoms with E-state index in [1.54, 1.807) is 22.5 Å². The molecule has 1 amide bonds. The lowest BCUT2D eigenvalue weighted by atomic mass is 9.94. The Balaban J connectivity index is 1.53. The summed E-state index contributed by atoms with van der Waals surface area (Å²) in [6.07, 6.45) is 3.45. The van der Waals surface area contributed by atoms with Crippen LogP contribution in [-0.4, -0.2) is 55.8 Å². The van der Waals surface area contributed by atoms with Crippen molar-refractivity contribution in [1.29, 1.82) is 0 Å². The molecule has 0 radical (unpaired) electrons. The maximum absolute atomic E-state index is 13.1. The molecule has 1 aromatic carbocycles. The molecule has 160 valence electrons. The number of hydrogen-bond donors (Lipinski definition) is 0. The van der Waals surface area contributed by atoms with Crippen LogP contribution in [0.4, 0.5) is 0 Å². The number of piperidine rings is 2. The Hall–Kier alpha value is -1.60. The summed E-state index contributed by atoms with van der Waals surface area (Å²) >= 11 is 0. The van der Waals surface area contributed by atoms with Crippen LogP contribution in [0.25, 0.3) is 0 Å². The number of fused-ring (bicyclic) bond motifs is 1. The summed E-state index contributed by atoms with van der Waals surface area (Å²) < 4.78 is 33.9. The van der Waals surface area contributed by atoms with E-state index in [0.29, 0.717) is 35.6 Å². The molecule has 7 heteroatoms. The summed E-state index contributed by atoms with van der Waals surface area (Å²) in [7, 11) is -3.52. The molecule has 3 aliphatic heterocycles. The van der Waals surface area contributed by atoms with Gasteiger partial charge in [-0.25, -0.2) is 8.42 Å². The van der Waals surface area contributed by atoms with Gasteiger partial charge in [-0.2, -0.15) is 4.31 Å². The first-order valence-corrected chi connectivity index (χ1v) is 12.3. The van der Waals surface area contributed by atoms with Crippen molar-refractivity contribution in [3.63, 3.8) is 0 Å². The SMILES string of the molecule is CC1CCN(C(=O)C2Oc3ccc(S(=O)(=O)N4CCCC(C)C4)cc3C2C)CC1. The molecule has 0 bridgehead atoms. The van der Waals surface area contributed by atoms with E-state index in [1.165, 1.54) is 0 Å². The van der Waals surface area contributed by atoms with Gasteiger partial charge in [0.2, 0.25) is 10.0 Å².